The van der Waals surface area contributed by atoms with Crippen molar-refractivity contribution in [2.45, 2.75) is 20.3 Å². The molecule has 0 aliphatic carbocycles. The number of carbonyl (C=O) groups is 2. The molecule has 27 heavy (non-hydrogen) atoms. The number of carbonyl (C=O) groups excluding carboxylic acids is 2. The van der Waals surface area contributed by atoms with Crippen molar-refractivity contribution in [3.05, 3.63) is 71.3 Å². The fourth-order valence-corrected chi connectivity index (χ4v) is 2.65. The maximum Gasteiger partial charge on any atom is 0.331 e. The molecule has 1 amide bonds. The molecule has 0 bridgehead atoms. The van der Waals surface area contributed by atoms with E-state index in [1.807, 2.05) is 68.4 Å². The molecule has 2 rings (SSSR count). The molecule has 2 aromatic carbocycles. The van der Waals surface area contributed by atoms with Crippen molar-refractivity contribution in [1.82, 2.24) is 0 Å². The van der Waals surface area contributed by atoms with Gasteiger partial charge >= 0.3 is 5.97 Å². The largest absolute Gasteiger partial charge is 0.452 e. The number of nitriles is 1. The van der Waals surface area contributed by atoms with Crippen LogP contribution in [0.5, 0.6) is 0 Å². The zero-order chi connectivity index (χ0) is 19.6. The van der Waals surface area contributed by atoms with Crippen LogP contribution in [0.4, 0.5) is 5.69 Å². The monoisotopic (exact) mass is 362 g/mol. The van der Waals surface area contributed by atoms with Gasteiger partial charge in [-0.2, -0.15) is 5.26 Å². The predicted octanol–water partition coefficient (Wildman–Crippen LogP) is 3.81. The van der Waals surface area contributed by atoms with Crippen LogP contribution >= 0.6 is 0 Å². The van der Waals surface area contributed by atoms with Crippen LogP contribution in [0.1, 0.15) is 23.1 Å². The summed E-state index contributed by atoms with van der Waals surface area (Å²) in [4.78, 5) is 25.9. The molecule has 5 nitrogen and oxygen atoms in total. The van der Waals surface area contributed by atoms with E-state index in [2.05, 4.69) is 0 Å². The number of nitrogens with zero attached hydrogens (tertiary/aromatic N) is 2. The third-order valence-electron chi connectivity index (χ3n) is 3.82. The van der Waals surface area contributed by atoms with Gasteiger partial charge in [0.15, 0.2) is 6.61 Å². The minimum absolute atomic E-state index is 0.195. The number of hydrogen-bond acceptors (Lipinski definition) is 4. The Morgan fingerprint density at radius 3 is 2.41 bits per heavy atom. The highest BCUT2D eigenvalue weighted by Crippen LogP contribution is 2.19. The molecular formula is C22H22N2O3. The van der Waals surface area contributed by atoms with Crippen LogP contribution in [-0.2, 0) is 14.3 Å². The number of hydrogen-bond donors (Lipinski definition) is 0. The summed E-state index contributed by atoms with van der Waals surface area (Å²) < 4.78 is 5.07. The number of aryl methyl sites for hydroxylation is 2. The molecule has 0 aromatic heterocycles. The SMILES string of the molecule is Cc1cc(C)cc(N(CCC#N)C(=O)COC(=O)/C=C/c2ccccc2)c1. The third-order valence-corrected chi connectivity index (χ3v) is 3.82. The van der Waals surface area contributed by atoms with Gasteiger partial charge in [-0.15, -0.1) is 0 Å². The van der Waals surface area contributed by atoms with E-state index in [4.69, 9.17) is 10.00 Å². The van der Waals surface area contributed by atoms with Gasteiger partial charge in [-0.05, 0) is 48.7 Å². The third kappa shape index (κ3) is 6.44. The minimum atomic E-state index is -0.590. The molecule has 0 heterocycles. The van der Waals surface area contributed by atoms with Crippen LogP contribution in [0.2, 0.25) is 0 Å². The van der Waals surface area contributed by atoms with Crippen LogP contribution in [-0.4, -0.2) is 25.0 Å². The lowest BCUT2D eigenvalue weighted by Crippen LogP contribution is -2.35. The second-order valence-electron chi connectivity index (χ2n) is 6.15. The molecule has 0 fully saturated rings. The van der Waals surface area contributed by atoms with E-state index in [1.54, 1.807) is 6.08 Å². The Kier molecular flexibility index (Phi) is 7.33. The Hall–Kier alpha value is -3.39. The number of anilines is 1. The molecule has 0 radical (unpaired) electrons. The molecule has 0 saturated heterocycles. The molecule has 0 N–H and O–H groups in total. The molecule has 0 saturated carbocycles. The molecular weight excluding hydrogens is 340 g/mol. The Balaban J connectivity index is 2.02. The average molecular weight is 362 g/mol. The van der Waals surface area contributed by atoms with Crippen molar-refractivity contribution in [2.75, 3.05) is 18.1 Å². The zero-order valence-corrected chi connectivity index (χ0v) is 15.5. The average Bonchev–Trinajstić information content (AvgIpc) is 2.65. The maximum absolute atomic E-state index is 12.6. The van der Waals surface area contributed by atoms with Gasteiger partial charge in [0.05, 0.1) is 12.5 Å². The first-order valence-corrected chi connectivity index (χ1v) is 8.65. The van der Waals surface area contributed by atoms with Gasteiger partial charge in [0.2, 0.25) is 0 Å². The molecule has 0 spiro atoms. The normalized spacial score (nSPS) is 10.4. The smallest absolute Gasteiger partial charge is 0.331 e. The van der Waals surface area contributed by atoms with Gasteiger partial charge in [0.1, 0.15) is 0 Å². The number of esters is 1. The topological polar surface area (TPSA) is 70.4 Å². The molecule has 0 atom stereocenters. The molecule has 0 aliphatic rings. The van der Waals surface area contributed by atoms with Gasteiger partial charge in [-0.25, -0.2) is 4.79 Å². The molecule has 2 aromatic rings. The summed E-state index contributed by atoms with van der Waals surface area (Å²) in [6.45, 7) is 3.75. The lowest BCUT2D eigenvalue weighted by molar-refractivity contribution is -0.142. The number of amides is 1. The van der Waals surface area contributed by atoms with Crippen molar-refractivity contribution in [1.29, 1.82) is 5.26 Å². The van der Waals surface area contributed by atoms with Crippen LogP contribution in [0.25, 0.3) is 6.08 Å². The number of ether oxygens (including phenoxy) is 1. The van der Waals surface area contributed by atoms with E-state index < -0.39 is 5.97 Å². The second-order valence-corrected chi connectivity index (χ2v) is 6.15. The van der Waals surface area contributed by atoms with Crippen molar-refractivity contribution >= 4 is 23.6 Å². The molecule has 0 unspecified atom stereocenters. The predicted molar refractivity (Wildman–Crippen MR) is 105 cm³/mol. The fraction of sp³-hybridized carbons (Fsp3) is 0.227. The van der Waals surface area contributed by atoms with Gasteiger partial charge < -0.3 is 9.64 Å². The lowest BCUT2D eigenvalue weighted by atomic mass is 10.1. The first-order chi connectivity index (χ1) is 13.0. The summed E-state index contributed by atoms with van der Waals surface area (Å²) in [5.41, 5.74) is 3.60. The van der Waals surface area contributed by atoms with E-state index in [1.165, 1.54) is 11.0 Å². The summed E-state index contributed by atoms with van der Waals surface area (Å²) in [6, 6.07) is 17.1. The highest BCUT2D eigenvalue weighted by molar-refractivity contribution is 5.96. The van der Waals surface area contributed by atoms with Crippen LogP contribution < -0.4 is 4.90 Å². The quantitative estimate of drug-likeness (QED) is 0.555. The van der Waals surface area contributed by atoms with Crippen molar-refractivity contribution in [3.63, 3.8) is 0 Å². The van der Waals surface area contributed by atoms with Gasteiger partial charge in [-0.1, -0.05) is 36.4 Å². The van der Waals surface area contributed by atoms with E-state index in [0.717, 1.165) is 16.7 Å². The highest BCUT2D eigenvalue weighted by atomic mass is 16.5. The Labute approximate surface area is 159 Å². The summed E-state index contributed by atoms with van der Waals surface area (Å²) in [5.74, 6) is -0.954. The van der Waals surface area contributed by atoms with E-state index in [0.29, 0.717) is 5.69 Å². The van der Waals surface area contributed by atoms with E-state index in [9.17, 15) is 9.59 Å². The summed E-state index contributed by atoms with van der Waals surface area (Å²) in [7, 11) is 0. The first-order valence-electron chi connectivity index (χ1n) is 8.65. The molecule has 138 valence electrons. The van der Waals surface area contributed by atoms with Gasteiger partial charge in [-0.3, -0.25) is 4.79 Å². The van der Waals surface area contributed by atoms with Crippen molar-refractivity contribution in [2.24, 2.45) is 0 Å². The lowest BCUT2D eigenvalue weighted by Gasteiger charge is -2.22. The van der Waals surface area contributed by atoms with Crippen molar-refractivity contribution < 1.29 is 14.3 Å². The van der Waals surface area contributed by atoms with Gasteiger partial charge in [0, 0.05) is 18.3 Å². The summed E-state index contributed by atoms with van der Waals surface area (Å²) in [6.07, 6.45) is 3.11. The van der Waals surface area contributed by atoms with Gasteiger partial charge in [0.25, 0.3) is 5.91 Å². The van der Waals surface area contributed by atoms with Crippen LogP contribution in [0, 0.1) is 25.2 Å². The summed E-state index contributed by atoms with van der Waals surface area (Å²) in [5, 5.41) is 8.87. The Bertz CT molecular complexity index is 847. The van der Waals surface area contributed by atoms with E-state index in [-0.39, 0.29) is 25.5 Å². The maximum atomic E-state index is 12.6. The number of benzene rings is 2. The molecule has 0 aliphatic heterocycles. The second kappa shape index (κ2) is 9.93. The Morgan fingerprint density at radius 2 is 1.78 bits per heavy atom. The summed E-state index contributed by atoms with van der Waals surface area (Å²) >= 11 is 0. The highest BCUT2D eigenvalue weighted by Gasteiger charge is 2.17. The fourth-order valence-electron chi connectivity index (χ4n) is 2.65. The minimum Gasteiger partial charge on any atom is -0.452 e. The van der Waals surface area contributed by atoms with Crippen molar-refractivity contribution in [3.8, 4) is 6.07 Å². The first kappa shape index (κ1) is 19.9. The standard InChI is InChI=1S/C22H22N2O3/c1-17-13-18(2)15-20(14-17)24(12-6-11-23)21(25)16-27-22(26)10-9-19-7-4-3-5-8-19/h3-5,7-10,13-15H,6,12,16H2,1-2H3/b10-9+. The Morgan fingerprint density at radius 1 is 1.11 bits per heavy atom. The van der Waals surface area contributed by atoms with E-state index >= 15 is 0 Å². The van der Waals surface area contributed by atoms with Crippen LogP contribution in [0.3, 0.4) is 0 Å². The van der Waals surface area contributed by atoms with Crippen LogP contribution in [0.15, 0.2) is 54.6 Å². The number of rotatable bonds is 7. The zero-order valence-electron chi connectivity index (χ0n) is 15.5. The molecule has 5 heteroatoms.